The fourth-order valence-corrected chi connectivity index (χ4v) is 2.87. The van der Waals surface area contributed by atoms with Crippen LogP contribution in [0.15, 0.2) is 48.5 Å². The van der Waals surface area contributed by atoms with Gasteiger partial charge in [0, 0.05) is 12.1 Å². The number of anilines is 1. The number of nitrogens with zero attached hydrogens (tertiary/aromatic N) is 1. The van der Waals surface area contributed by atoms with Crippen LogP contribution in [0.4, 0.5) is 5.69 Å². The third-order valence-electron chi connectivity index (χ3n) is 3.70. The Balaban J connectivity index is 2.26. The highest BCUT2D eigenvalue weighted by molar-refractivity contribution is 7.92. The number of carbonyl (C=O) groups is 1. The maximum atomic E-state index is 12.6. The average Bonchev–Trinajstić information content (AvgIpc) is 2.53. The molecule has 2 rings (SSSR count). The Morgan fingerprint density at radius 2 is 1.71 bits per heavy atom. The molecule has 2 aromatic carbocycles. The van der Waals surface area contributed by atoms with E-state index in [4.69, 9.17) is 11.6 Å². The Kier molecular flexibility index (Phi) is 5.51. The molecule has 5 nitrogen and oxygen atoms in total. The van der Waals surface area contributed by atoms with Crippen molar-refractivity contribution >= 4 is 33.2 Å². The second-order valence-electron chi connectivity index (χ2n) is 5.49. The van der Waals surface area contributed by atoms with Crippen molar-refractivity contribution < 1.29 is 13.2 Å². The first-order valence-corrected chi connectivity index (χ1v) is 9.52. The van der Waals surface area contributed by atoms with E-state index in [9.17, 15) is 13.2 Å². The van der Waals surface area contributed by atoms with Crippen molar-refractivity contribution in [3.05, 3.63) is 64.7 Å². The van der Waals surface area contributed by atoms with Gasteiger partial charge in [-0.2, -0.15) is 0 Å². The molecule has 0 saturated heterocycles. The van der Waals surface area contributed by atoms with E-state index in [-0.39, 0.29) is 11.9 Å². The largest absolute Gasteiger partial charge is 0.345 e. The van der Waals surface area contributed by atoms with Crippen LogP contribution < -0.4 is 9.62 Å². The summed E-state index contributed by atoms with van der Waals surface area (Å²) < 4.78 is 24.6. The summed E-state index contributed by atoms with van der Waals surface area (Å²) in [6.45, 7) is 1.85. The molecule has 2 aromatic rings. The molecule has 0 fully saturated rings. The van der Waals surface area contributed by atoms with Crippen LogP contribution in [0.5, 0.6) is 0 Å². The molecule has 1 amide bonds. The SMILES string of the molecule is CC(NC(=O)c1ccccc1N(C)S(C)(=O)=O)c1ccc(Cl)cc1. The van der Waals surface area contributed by atoms with Crippen LogP contribution in [0, 0.1) is 0 Å². The first-order valence-electron chi connectivity index (χ1n) is 7.29. The van der Waals surface area contributed by atoms with Gasteiger partial charge in [0.2, 0.25) is 10.0 Å². The monoisotopic (exact) mass is 366 g/mol. The minimum absolute atomic E-state index is 0.244. The molecule has 24 heavy (non-hydrogen) atoms. The summed E-state index contributed by atoms with van der Waals surface area (Å²) in [7, 11) is -2.04. The zero-order valence-electron chi connectivity index (χ0n) is 13.7. The van der Waals surface area contributed by atoms with Crippen LogP contribution in [0.3, 0.4) is 0 Å². The fourth-order valence-electron chi connectivity index (χ4n) is 2.23. The molecule has 0 aliphatic heterocycles. The highest BCUT2D eigenvalue weighted by Crippen LogP contribution is 2.23. The summed E-state index contributed by atoms with van der Waals surface area (Å²) >= 11 is 5.87. The van der Waals surface area contributed by atoms with E-state index in [1.54, 1.807) is 36.4 Å². The summed E-state index contributed by atoms with van der Waals surface area (Å²) in [6, 6.07) is 13.5. The third-order valence-corrected chi connectivity index (χ3v) is 5.15. The van der Waals surface area contributed by atoms with Gasteiger partial charge in [0.1, 0.15) is 0 Å². The zero-order valence-corrected chi connectivity index (χ0v) is 15.2. The number of benzene rings is 2. The summed E-state index contributed by atoms with van der Waals surface area (Å²) in [5.74, 6) is -0.344. The molecule has 0 spiro atoms. The van der Waals surface area contributed by atoms with Crippen LogP contribution >= 0.6 is 11.6 Å². The number of amides is 1. The number of halogens is 1. The first kappa shape index (κ1) is 18.3. The van der Waals surface area contributed by atoms with Gasteiger partial charge < -0.3 is 5.32 Å². The van der Waals surface area contributed by atoms with Crippen LogP contribution in [0.1, 0.15) is 28.9 Å². The summed E-state index contributed by atoms with van der Waals surface area (Å²) in [5.41, 5.74) is 1.54. The minimum atomic E-state index is -3.46. The maximum absolute atomic E-state index is 12.6. The zero-order chi connectivity index (χ0) is 17.9. The molecule has 1 atom stereocenters. The predicted octanol–water partition coefficient (Wildman–Crippen LogP) is 3.23. The first-order chi connectivity index (χ1) is 11.2. The molecule has 0 aliphatic rings. The molecule has 1 N–H and O–H groups in total. The lowest BCUT2D eigenvalue weighted by Crippen LogP contribution is -2.31. The van der Waals surface area contributed by atoms with Gasteiger partial charge in [-0.1, -0.05) is 35.9 Å². The van der Waals surface area contributed by atoms with Gasteiger partial charge in [0.15, 0.2) is 0 Å². The second kappa shape index (κ2) is 7.23. The summed E-state index contributed by atoms with van der Waals surface area (Å²) in [6.07, 6.45) is 1.10. The van der Waals surface area contributed by atoms with Gasteiger partial charge >= 0.3 is 0 Å². The van der Waals surface area contributed by atoms with E-state index in [2.05, 4.69) is 5.32 Å². The molecule has 0 aliphatic carbocycles. The fraction of sp³-hybridized carbons (Fsp3) is 0.235. The van der Waals surface area contributed by atoms with Crippen molar-refractivity contribution in [2.75, 3.05) is 17.6 Å². The summed E-state index contributed by atoms with van der Waals surface area (Å²) in [4.78, 5) is 12.6. The quantitative estimate of drug-likeness (QED) is 0.883. The number of hydrogen-bond donors (Lipinski definition) is 1. The molecule has 0 bridgehead atoms. The Morgan fingerprint density at radius 3 is 2.29 bits per heavy atom. The standard InChI is InChI=1S/C17H19ClN2O3S/c1-12(13-8-10-14(18)11-9-13)19-17(21)15-6-4-5-7-16(15)20(2)24(3,22)23/h4-12H,1-3H3,(H,19,21). The number of nitrogens with one attached hydrogen (secondary N) is 1. The van der Waals surface area contributed by atoms with E-state index in [1.165, 1.54) is 7.05 Å². The normalized spacial score (nSPS) is 12.5. The van der Waals surface area contributed by atoms with E-state index < -0.39 is 10.0 Å². The molecule has 128 valence electrons. The molecule has 0 aromatic heterocycles. The Hall–Kier alpha value is -2.05. The number of rotatable bonds is 5. The topological polar surface area (TPSA) is 66.5 Å². The smallest absolute Gasteiger partial charge is 0.253 e. The lowest BCUT2D eigenvalue weighted by Gasteiger charge is -2.21. The molecular formula is C17H19ClN2O3S. The molecule has 0 saturated carbocycles. The Bertz CT molecular complexity index is 835. The Morgan fingerprint density at radius 1 is 1.12 bits per heavy atom. The molecule has 1 unspecified atom stereocenters. The molecular weight excluding hydrogens is 348 g/mol. The number of para-hydroxylation sites is 1. The van der Waals surface area contributed by atoms with Crippen LogP contribution in [0.2, 0.25) is 5.02 Å². The van der Waals surface area contributed by atoms with Gasteiger partial charge in [0.25, 0.3) is 5.91 Å². The van der Waals surface area contributed by atoms with Crippen molar-refractivity contribution in [3.63, 3.8) is 0 Å². The highest BCUT2D eigenvalue weighted by Gasteiger charge is 2.20. The van der Waals surface area contributed by atoms with Crippen molar-refractivity contribution in [1.82, 2.24) is 5.32 Å². The van der Waals surface area contributed by atoms with Gasteiger partial charge in [-0.25, -0.2) is 8.42 Å². The second-order valence-corrected chi connectivity index (χ2v) is 7.94. The Labute approximate surface area is 147 Å². The van der Waals surface area contributed by atoms with Crippen molar-refractivity contribution in [3.8, 4) is 0 Å². The van der Waals surface area contributed by atoms with Gasteiger partial charge in [0.05, 0.1) is 23.5 Å². The average molecular weight is 367 g/mol. The van der Waals surface area contributed by atoms with Crippen molar-refractivity contribution in [2.45, 2.75) is 13.0 Å². The van der Waals surface area contributed by atoms with E-state index in [0.717, 1.165) is 16.1 Å². The predicted molar refractivity (Wildman–Crippen MR) is 97.0 cm³/mol. The van der Waals surface area contributed by atoms with E-state index in [0.29, 0.717) is 16.3 Å². The number of carbonyl (C=O) groups excluding carboxylic acids is 1. The van der Waals surface area contributed by atoms with E-state index >= 15 is 0 Å². The van der Waals surface area contributed by atoms with Gasteiger partial charge in [-0.3, -0.25) is 9.10 Å². The number of sulfonamides is 1. The molecule has 7 heteroatoms. The lowest BCUT2D eigenvalue weighted by atomic mass is 10.1. The molecule has 0 radical (unpaired) electrons. The molecule has 0 heterocycles. The van der Waals surface area contributed by atoms with Crippen molar-refractivity contribution in [1.29, 1.82) is 0 Å². The third kappa shape index (κ3) is 4.27. The highest BCUT2D eigenvalue weighted by atomic mass is 35.5. The van der Waals surface area contributed by atoms with Crippen LogP contribution in [0.25, 0.3) is 0 Å². The maximum Gasteiger partial charge on any atom is 0.253 e. The van der Waals surface area contributed by atoms with Crippen LogP contribution in [-0.2, 0) is 10.0 Å². The van der Waals surface area contributed by atoms with Gasteiger partial charge in [-0.15, -0.1) is 0 Å². The van der Waals surface area contributed by atoms with Crippen LogP contribution in [-0.4, -0.2) is 27.6 Å². The van der Waals surface area contributed by atoms with E-state index in [1.807, 2.05) is 19.1 Å². The van der Waals surface area contributed by atoms with Crippen molar-refractivity contribution in [2.24, 2.45) is 0 Å². The summed E-state index contributed by atoms with van der Waals surface area (Å²) in [5, 5.41) is 3.50. The van der Waals surface area contributed by atoms with Gasteiger partial charge in [-0.05, 0) is 36.8 Å². The lowest BCUT2D eigenvalue weighted by molar-refractivity contribution is 0.0940. The number of hydrogen-bond acceptors (Lipinski definition) is 3. The minimum Gasteiger partial charge on any atom is -0.345 e.